The van der Waals surface area contributed by atoms with Gasteiger partial charge < -0.3 is 5.11 Å². The van der Waals surface area contributed by atoms with E-state index in [1.165, 1.54) is 6.07 Å². The van der Waals surface area contributed by atoms with Crippen molar-refractivity contribution in [2.24, 2.45) is 7.05 Å². The highest BCUT2D eigenvalue weighted by Crippen LogP contribution is 2.21. The molecule has 1 aromatic carbocycles. The van der Waals surface area contributed by atoms with Crippen LogP contribution in [-0.2, 0) is 13.5 Å². The van der Waals surface area contributed by atoms with Gasteiger partial charge in [0.25, 0.3) is 0 Å². The number of aryl methyl sites for hydroxylation is 1. The third kappa shape index (κ3) is 2.84. The zero-order valence-electron chi connectivity index (χ0n) is 9.27. The minimum Gasteiger partial charge on any atom is -0.388 e. The first-order chi connectivity index (χ1) is 8.06. The number of nitrogens with zero attached hydrogens (tertiary/aromatic N) is 2. The molecule has 2 aromatic rings. The molecule has 1 N–H and O–H groups in total. The summed E-state index contributed by atoms with van der Waals surface area (Å²) < 4.78 is 15.1. The van der Waals surface area contributed by atoms with Gasteiger partial charge in [0.2, 0.25) is 0 Å². The maximum atomic E-state index is 13.5. The van der Waals surface area contributed by atoms with Crippen LogP contribution in [0.15, 0.2) is 30.6 Å². The Morgan fingerprint density at radius 3 is 2.88 bits per heavy atom. The van der Waals surface area contributed by atoms with E-state index in [0.29, 0.717) is 16.1 Å². The Balaban J connectivity index is 2.15. The lowest BCUT2D eigenvalue weighted by Gasteiger charge is -2.09. The Kier molecular flexibility index (Phi) is 3.45. The predicted octanol–water partition coefficient (Wildman–Crippen LogP) is 2.49. The van der Waals surface area contributed by atoms with E-state index in [1.807, 2.05) is 0 Å². The fourth-order valence-electron chi connectivity index (χ4n) is 1.63. The molecular weight excluding hydrogens is 243 g/mol. The Hall–Kier alpha value is -1.39. The molecule has 0 spiro atoms. The van der Waals surface area contributed by atoms with Gasteiger partial charge in [-0.15, -0.1) is 0 Å². The van der Waals surface area contributed by atoms with Crippen molar-refractivity contribution in [1.29, 1.82) is 0 Å². The van der Waals surface area contributed by atoms with Gasteiger partial charge in [-0.2, -0.15) is 5.10 Å². The van der Waals surface area contributed by atoms with Gasteiger partial charge in [0.1, 0.15) is 5.82 Å². The Morgan fingerprint density at radius 2 is 2.29 bits per heavy atom. The van der Waals surface area contributed by atoms with Crippen LogP contribution in [0.5, 0.6) is 0 Å². The fraction of sp³-hybridized carbons (Fsp3) is 0.250. The summed E-state index contributed by atoms with van der Waals surface area (Å²) >= 11 is 5.66. The zero-order chi connectivity index (χ0) is 12.4. The second-order valence-electron chi connectivity index (χ2n) is 3.90. The maximum absolute atomic E-state index is 13.5. The van der Waals surface area contributed by atoms with Crippen molar-refractivity contribution >= 4 is 11.6 Å². The molecule has 0 saturated carbocycles. The molecule has 1 heterocycles. The average Bonchev–Trinajstić information content (AvgIpc) is 2.69. The molecule has 17 heavy (non-hydrogen) atoms. The fourth-order valence-corrected chi connectivity index (χ4v) is 1.78. The quantitative estimate of drug-likeness (QED) is 0.914. The first kappa shape index (κ1) is 12.1. The van der Waals surface area contributed by atoms with Gasteiger partial charge in [-0.1, -0.05) is 17.7 Å². The van der Waals surface area contributed by atoms with Gasteiger partial charge in [0, 0.05) is 30.3 Å². The number of aliphatic hydroxyl groups is 1. The molecule has 0 radical (unpaired) electrons. The summed E-state index contributed by atoms with van der Waals surface area (Å²) in [5.41, 5.74) is 1.10. The van der Waals surface area contributed by atoms with Crippen molar-refractivity contribution in [2.45, 2.75) is 12.5 Å². The van der Waals surface area contributed by atoms with Crippen LogP contribution in [0, 0.1) is 5.82 Å². The summed E-state index contributed by atoms with van der Waals surface area (Å²) in [7, 11) is 1.76. The number of hydrogen-bond donors (Lipinski definition) is 1. The van der Waals surface area contributed by atoms with Crippen molar-refractivity contribution < 1.29 is 9.50 Å². The average molecular weight is 255 g/mol. The Bertz CT molecular complexity index is 527. The van der Waals surface area contributed by atoms with Crippen LogP contribution < -0.4 is 0 Å². The molecule has 90 valence electrons. The van der Waals surface area contributed by atoms with Gasteiger partial charge in [0.05, 0.1) is 12.3 Å². The molecule has 5 heteroatoms. The van der Waals surface area contributed by atoms with Crippen LogP contribution in [0.3, 0.4) is 0 Å². The first-order valence-corrected chi connectivity index (χ1v) is 5.54. The summed E-state index contributed by atoms with van der Waals surface area (Å²) in [6, 6.07) is 4.43. The van der Waals surface area contributed by atoms with Crippen molar-refractivity contribution in [3.8, 4) is 0 Å². The molecular formula is C12H12ClFN2O. The van der Waals surface area contributed by atoms with Crippen LogP contribution in [-0.4, -0.2) is 14.9 Å². The highest BCUT2D eigenvalue weighted by atomic mass is 35.5. The second-order valence-corrected chi connectivity index (χ2v) is 4.34. The number of halogens is 2. The van der Waals surface area contributed by atoms with Gasteiger partial charge in [0.15, 0.2) is 0 Å². The lowest BCUT2D eigenvalue weighted by molar-refractivity contribution is 0.177. The lowest BCUT2D eigenvalue weighted by atomic mass is 10.0. The van der Waals surface area contributed by atoms with Crippen LogP contribution >= 0.6 is 11.6 Å². The van der Waals surface area contributed by atoms with E-state index in [-0.39, 0.29) is 6.42 Å². The number of rotatable bonds is 3. The normalized spacial score (nSPS) is 12.7. The first-order valence-electron chi connectivity index (χ1n) is 5.17. The molecule has 1 unspecified atom stereocenters. The molecule has 1 atom stereocenters. The van der Waals surface area contributed by atoms with Crippen LogP contribution in [0.4, 0.5) is 4.39 Å². The monoisotopic (exact) mass is 254 g/mol. The third-order valence-corrected chi connectivity index (χ3v) is 2.77. The second kappa shape index (κ2) is 4.85. The summed E-state index contributed by atoms with van der Waals surface area (Å²) in [6.07, 6.45) is 2.71. The topological polar surface area (TPSA) is 38.0 Å². The Labute approximate surface area is 103 Å². The van der Waals surface area contributed by atoms with Crippen LogP contribution in [0.1, 0.15) is 17.2 Å². The summed E-state index contributed by atoms with van der Waals surface area (Å²) in [5, 5.41) is 14.2. The van der Waals surface area contributed by atoms with E-state index in [4.69, 9.17) is 11.6 Å². The maximum Gasteiger partial charge on any atom is 0.127 e. The number of benzene rings is 1. The molecule has 0 aliphatic heterocycles. The zero-order valence-corrected chi connectivity index (χ0v) is 10.0. The smallest absolute Gasteiger partial charge is 0.127 e. The highest BCUT2D eigenvalue weighted by Gasteiger charge is 2.13. The van der Waals surface area contributed by atoms with Crippen LogP contribution in [0.25, 0.3) is 0 Å². The van der Waals surface area contributed by atoms with E-state index in [0.717, 1.165) is 0 Å². The van der Waals surface area contributed by atoms with Crippen LogP contribution in [0.2, 0.25) is 5.02 Å². The Morgan fingerprint density at radius 1 is 1.53 bits per heavy atom. The van der Waals surface area contributed by atoms with Crippen molar-refractivity contribution in [3.05, 3.63) is 52.6 Å². The van der Waals surface area contributed by atoms with E-state index in [2.05, 4.69) is 5.10 Å². The van der Waals surface area contributed by atoms with E-state index in [1.54, 1.807) is 36.3 Å². The SMILES string of the molecule is Cn1cc(C(O)Cc2ccc(Cl)cc2F)cn1. The van der Waals surface area contributed by atoms with E-state index in [9.17, 15) is 9.50 Å². The molecule has 0 aliphatic carbocycles. The molecule has 0 saturated heterocycles. The predicted molar refractivity (Wildman–Crippen MR) is 63.3 cm³/mol. The van der Waals surface area contributed by atoms with Crippen molar-refractivity contribution in [1.82, 2.24) is 9.78 Å². The minimum atomic E-state index is -0.764. The molecule has 3 nitrogen and oxygen atoms in total. The molecule has 0 amide bonds. The third-order valence-electron chi connectivity index (χ3n) is 2.54. The van der Waals surface area contributed by atoms with Gasteiger partial charge in [-0.25, -0.2) is 4.39 Å². The molecule has 0 bridgehead atoms. The number of aromatic nitrogens is 2. The summed E-state index contributed by atoms with van der Waals surface area (Å²) in [5.74, 6) is -0.402. The van der Waals surface area contributed by atoms with Crippen molar-refractivity contribution in [2.75, 3.05) is 0 Å². The molecule has 1 aromatic heterocycles. The standard InChI is InChI=1S/C12H12ClFN2O/c1-16-7-9(6-15-16)12(17)4-8-2-3-10(13)5-11(8)14/h2-3,5-7,12,17H,4H2,1H3. The molecule has 0 aliphatic rings. The number of aliphatic hydroxyl groups excluding tert-OH is 1. The lowest BCUT2D eigenvalue weighted by Crippen LogP contribution is -2.02. The molecule has 2 rings (SSSR count). The minimum absolute atomic E-state index is 0.203. The van der Waals surface area contributed by atoms with E-state index < -0.39 is 11.9 Å². The summed E-state index contributed by atoms with van der Waals surface area (Å²) in [6.45, 7) is 0. The van der Waals surface area contributed by atoms with E-state index >= 15 is 0 Å². The van der Waals surface area contributed by atoms with Gasteiger partial charge >= 0.3 is 0 Å². The number of hydrogen-bond acceptors (Lipinski definition) is 2. The van der Waals surface area contributed by atoms with Gasteiger partial charge in [-0.3, -0.25) is 4.68 Å². The van der Waals surface area contributed by atoms with Crippen molar-refractivity contribution in [3.63, 3.8) is 0 Å². The highest BCUT2D eigenvalue weighted by molar-refractivity contribution is 6.30. The van der Waals surface area contributed by atoms with Gasteiger partial charge in [-0.05, 0) is 17.7 Å². The summed E-state index contributed by atoms with van der Waals surface area (Å²) in [4.78, 5) is 0. The molecule has 0 fully saturated rings. The largest absolute Gasteiger partial charge is 0.388 e.